The summed E-state index contributed by atoms with van der Waals surface area (Å²) in [5, 5.41) is 11.8. The molecule has 2 unspecified atom stereocenters. The van der Waals surface area contributed by atoms with E-state index in [1.807, 2.05) is 6.92 Å². The number of rotatable bonds is 4. The van der Waals surface area contributed by atoms with E-state index in [9.17, 15) is 4.79 Å². The molecule has 0 fully saturated rings. The van der Waals surface area contributed by atoms with Crippen LogP contribution in [0.5, 0.6) is 0 Å². The topological polar surface area (TPSA) is 88.2 Å². The molecule has 1 rings (SSSR count). The van der Waals surface area contributed by atoms with Crippen molar-refractivity contribution in [2.24, 2.45) is 5.73 Å². The summed E-state index contributed by atoms with van der Waals surface area (Å²) in [6, 6.07) is 2.88. The minimum absolute atomic E-state index is 0.207. The van der Waals surface area contributed by atoms with Crippen molar-refractivity contribution in [1.82, 2.24) is 10.3 Å². The molecule has 0 aliphatic heterocycles. The summed E-state index contributed by atoms with van der Waals surface area (Å²) in [6.07, 6.45) is 0.943. The molecule has 16 heavy (non-hydrogen) atoms. The van der Waals surface area contributed by atoms with Gasteiger partial charge in [0.15, 0.2) is 0 Å². The van der Waals surface area contributed by atoms with E-state index >= 15 is 0 Å². The van der Waals surface area contributed by atoms with E-state index in [0.29, 0.717) is 5.56 Å². The van der Waals surface area contributed by atoms with Crippen LogP contribution < -0.4 is 11.1 Å². The Labute approximate surface area is 94.7 Å². The Balaban J connectivity index is 2.53. The lowest BCUT2D eigenvalue weighted by Gasteiger charge is -2.15. The molecule has 1 amide bonds. The van der Waals surface area contributed by atoms with Gasteiger partial charge in [-0.1, -0.05) is 0 Å². The van der Waals surface area contributed by atoms with Gasteiger partial charge in [-0.2, -0.15) is 0 Å². The monoisotopic (exact) mass is 223 g/mol. The summed E-state index contributed by atoms with van der Waals surface area (Å²) in [5.74, 6) is -0.207. The molecule has 0 spiro atoms. The number of aromatic nitrogens is 1. The maximum absolute atomic E-state index is 11.6. The van der Waals surface area contributed by atoms with Gasteiger partial charge in [0, 0.05) is 30.0 Å². The first-order valence-corrected chi connectivity index (χ1v) is 5.15. The normalized spacial score (nSPS) is 14.2. The highest BCUT2D eigenvalue weighted by Gasteiger charge is 2.11. The standard InChI is InChI=1S/C11H17N3O2/c1-7-5-9(3-4-13-7)11(16)14-6-10(12)8(2)15/h3-5,8,10,15H,6,12H2,1-2H3,(H,14,16). The Morgan fingerprint density at radius 2 is 2.38 bits per heavy atom. The maximum Gasteiger partial charge on any atom is 0.251 e. The van der Waals surface area contributed by atoms with Gasteiger partial charge in [-0.3, -0.25) is 9.78 Å². The number of amides is 1. The molecule has 0 aromatic carbocycles. The molecule has 0 bridgehead atoms. The smallest absolute Gasteiger partial charge is 0.251 e. The van der Waals surface area contributed by atoms with Crippen LogP contribution in [0.2, 0.25) is 0 Å². The number of aliphatic hydroxyl groups is 1. The van der Waals surface area contributed by atoms with Crippen molar-refractivity contribution in [1.29, 1.82) is 0 Å². The molecular weight excluding hydrogens is 206 g/mol. The summed E-state index contributed by atoms with van der Waals surface area (Å²) in [7, 11) is 0. The number of carbonyl (C=O) groups is 1. The van der Waals surface area contributed by atoms with Crippen molar-refractivity contribution < 1.29 is 9.90 Å². The Morgan fingerprint density at radius 1 is 1.69 bits per heavy atom. The highest BCUT2D eigenvalue weighted by molar-refractivity contribution is 5.94. The van der Waals surface area contributed by atoms with Crippen molar-refractivity contribution in [2.75, 3.05) is 6.54 Å². The average Bonchev–Trinajstić information content (AvgIpc) is 2.25. The average molecular weight is 223 g/mol. The molecule has 0 saturated carbocycles. The summed E-state index contributed by atoms with van der Waals surface area (Å²) in [4.78, 5) is 15.6. The second-order valence-electron chi connectivity index (χ2n) is 3.80. The molecule has 0 aliphatic rings. The van der Waals surface area contributed by atoms with Gasteiger partial charge in [0.1, 0.15) is 0 Å². The first kappa shape index (κ1) is 12.6. The first-order valence-electron chi connectivity index (χ1n) is 5.15. The van der Waals surface area contributed by atoms with Crippen LogP contribution in [0.3, 0.4) is 0 Å². The van der Waals surface area contributed by atoms with Gasteiger partial charge in [-0.05, 0) is 26.0 Å². The lowest BCUT2D eigenvalue weighted by molar-refractivity contribution is 0.0937. The van der Waals surface area contributed by atoms with Crippen molar-refractivity contribution in [3.8, 4) is 0 Å². The van der Waals surface area contributed by atoms with E-state index in [4.69, 9.17) is 10.8 Å². The highest BCUT2D eigenvalue weighted by atomic mass is 16.3. The zero-order valence-corrected chi connectivity index (χ0v) is 9.47. The third kappa shape index (κ3) is 3.60. The molecule has 0 radical (unpaired) electrons. The number of hydrogen-bond donors (Lipinski definition) is 3. The third-order valence-corrected chi connectivity index (χ3v) is 2.28. The number of aryl methyl sites for hydroxylation is 1. The van der Waals surface area contributed by atoms with E-state index in [1.54, 1.807) is 25.3 Å². The maximum atomic E-state index is 11.6. The Morgan fingerprint density at radius 3 is 2.94 bits per heavy atom. The number of pyridine rings is 1. The Bertz CT molecular complexity index is 366. The van der Waals surface area contributed by atoms with Crippen LogP contribution in [-0.4, -0.2) is 34.7 Å². The van der Waals surface area contributed by atoms with Crippen LogP contribution in [0.1, 0.15) is 23.0 Å². The number of nitrogens with one attached hydrogen (secondary N) is 1. The molecule has 0 saturated heterocycles. The lowest BCUT2D eigenvalue weighted by atomic mass is 10.2. The zero-order valence-electron chi connectivity index (χ0n) is 9.47. The van der Waals surface area contributed by atoms with Crippen LogP contribution in [0.25, 0.3) is 0 Å². The van der Waals surface area contributed by atoms with Crippen molar-refractivity contribution >= 4 is 5.91 Å². The van der Waals surface area contributed by atoms with Gasteiger partial charge in [0.2, 0.25) is 0 Å². The molecule has 0 aliphatic carbocycles. The van der Waals surface area contributed by atoms with E-state index in [0.717, 1.165) is 5.69 Å². The quantitative estimate of drug-likeness (QED) is 0.661. The number of hydrogen-bond acceptors (Lipinski definition) is 4. The molecule has 5 heteroatoms. The second kappa shape index (κ2) is 5.58. The van der Waals surface area contributed by atoms with Crippen molar-refractivity contribution in [3.05, 3.63) is 29.6 Å². The van der Waals surface area contributed by atoms with Gasteiger partial charge >= 0.3 is 0 Å². The SMILES string of the molecule is Cc1cc(C(=O)NCC(N)C(C)O)ccn1. The number of carbonyl (C=O) groups excluding carboxylic acids is 1. The number of nitrogens with two attached hydrogens (primary N) is 1. The van der Waals surface area contributed by atoms with Gasteiger partial charge in [-0.25, -0.2) is 0 Å². The molecular formula is C11H17N3O2. The van der Waals surface area contributed by atoms with E-state index < -0.39 is 12.1 Å². The molecule has 88 valence electrons. The molecule has 1 aromatic rings. The van der Waals surface area contributed by atoms with E-state index in [2.05, 4.69) is 10.3 Å². The minimum Gasteiger partial charge on any atom is -0.392 e. The van der Waals surface area contributed by atoms with Gasteiger partial charge in [-0.15, -0.1) is 0 Å². The minimum atomic E-state index is -0.639. The number of nitrogens with zero attached hydrogens (tertiary/aromatic N) is 1. The first-order chi connectivity index (χ1) is 7.50. The van der Waals surface area contributed by atoms with Gasteiger partial charge in [0.05, 0.1) is 6.10 Å². The molecule has 4 N–H and O–H groups in total. The molecule has 1 aromatic heterocycles. The summed E-state index contributed by atoms with van der Waals surface area (Å²) in [6.45, 7) is 3.66. The van der Waals surface area contributed by atoms with Crippen molar-refractivity contribution in [2.45, 2.75) is 26.0 Å². The van der Waals surface area contributed by atoms with E-state index in [-0.39, 0.29) is 12.5 Å². The largest absolute Gasteiger partial charge is 0.392 e. The van der Waals surface area contributed by atoms with Crippen LogP contribution in [0.4, 0.5) is 0 Å². The summed E-state index contributed by atoms with van der Waals surface area (Å²) >= 11 is 0. The Hall–Kier alpha value is -1.46. The van der Waals surface area contributed by atoms with Crippen LogP contribution in [-0.2, 0) is 0 Å². The second-order valence-corrected chi connectivity index (χ2v) is 3.80. The van der Waals surface area contributed by atoms with Crippen LogP contribution in [0.15, 0.2) is 18.3 Å². The fourth-order valence-electron chi connectivity index (χ4n) is 1.17. The van der Waals surface area contributed by atoms with E-state index in [1.165, 1.54) is 0 Å². The fourth-order valence-corrected chi connectivity index (χ4v) is 1.17. The molecule has 1 heterocycles. The van der Waals surface area contributed by atoms with Crippen LogP contribution >= 0.6 is 0 Å². The van der Waals surface area contributed by atoms with Crippen LogP contribution in [0, 0.1) is 6.92 Å². The predicted molar refractivity (Wildman–Crippen MR) is 61.0 cm³/mol. The third-order valence-electron chi connectivity index (χ3n) is 2.28. The molecule has 5 nitrogen and oxygen atoms in total. The molecule has 2 atom stereocenters. The highest BCUT2D eigenvalue weighted by Crippen LogP contribution is 2.00. The van der Waals surface area contributed by atoms with Gasteiger partial charge in [0.25, 0.3) is 5.91 Å². The predicted octanol–water partition coefficient (Wildman–Crippen LogP) is -0.172. The Kier molecular flexibility index (Phi) is 4.39. The summed E-state index contributed by atoms with van der Waals surface area (Å²) < 4.78 is 0. The summed E-state index contributed by atoms with van der Waals surface area (Å²) in [5.41, 5.74) is 6.93. The zero-order chi connectivity index (χ0) is 12.1. The fraction of sp³-hybridized carbons (Fsp3) is 0.455. The number of aliphatic hydroxyl groups excluding tert-OH is 1. The lowest BCUT2D eigenvalue weighted by Crippen LogP contribution is -2.43. The van der Waals surface area contributed by atoms with Crippen molar-refractivity contribution in [3.63, 3.8) is 0 Å². The van der Waals surface area contributed by atoms with Gasteiger partial charge < -0.3 is 16.2 Å².